The fourth-order valence-corrected chi connectivity index (χ4v) is 2.18. The zero-order valence-electron chi connectivity index (χ0n) is 11.4. The molecule has 0 spiro atoms. The first-order valence-corrected chi connectivity index (χ1v) is 6.19. The lowest BCUT2D eigenvalue weighted by Crippen LogP contribution is -2.59. The van der Waals surface area contributed by atoms with E-state index in [9.17, 15) is 35.9 Å². The van der Waals surface area contributed by atoms with E-state index in [2.05, 4.69) is 4.74 Å². The summed E-state index contributed by atoms with van der Waals surface area (Å²) in [6.07, 6.45) is -10.8. The number of carbonyl (C=O) groups excluding carboxylic acids is 2. The molecule has 128 valence electrons. The summed E-state index contributed by atoms with van der Waals surface area (Å²) >= 11 is 0. The Hall–Kier alpha value is -1.52. The molecule has 2 atom stereocenters. The second-order valence-corrected chi connectivity index (χ2v) is 4.78. The highest BCUT2D eigenvalue weighted by atomic mass is 19.4. The van der Waals surface area contributed by atoms with Crippen molar-refractivity contribution < 1.29 is 40.7 Å². The van der Waals surface area contributed by atoms with Crippen LogP contribution in [0.4, 0.5) is 26.3 Å². The van der Waals surface area contributed by atoms with Gasteiger partial charge in [0.25, 0.3) is 0 Å². The van der Waals surface area contributed by atoms with E-state index in [0.29, 0.717) is 4.90 Å². The summed E-state index contributed by atoms with van der Waals surface area (Å²) in [7, 11) is 1.10. The summed E-state index contributed by atoms with van der Waals surface area (Å²) in [4.78, 5) is 22.9. The number of nitrogens with zero attached hydrogens (tertiary/aromatic N) is 1. The Morgan fingerprint density at radius 3 is 2.23 bits per heavy atom. The molecule has 0 aromatic carbocycles. The Morgan fingerprint density at radius 2 is 1.77 bits per heavy atom. The molecule has 1 aliphatic heterocycles. The minimum absolute atomic E-state index is 0.317. The maximum absolute atomic E-state index is 12.9. The van der Waals surface area contributed by atoms with Crippen LogP contribution in [-0.4, -0.2) is 61.4 Å². The smallest absolute Gasteiger partial charge is 0.375 e. The van der Waals surface area contributed by atoms with Crippen molar-refractivity contribution in [1.82, 2.24) is 10.2 Å². The minimum atomic E-state index is -5.14. The zero-order valence-corrected chi connectivity index (χ0v) is 11.4. The number of amides is 2. The van der Waals surface area contributed by atoms with Gasteiger partial charge in [-0.2, -0.15) is 26.3 Å². The summed E-state index contributed by atoms with van der Waals surface area (Å²) in [5, 5.41) is 1.59. The molecule has 0 saturated carbocycles. The van der Waals surface area contributed by atoms with Gasteiger partial charge in [-0.15, -0.1) is 0 Å². The average molecular weight is 336 g/mol. The molecule has 0 aromatic rings. The lowest BCUT2D eigenvalue weighted by Gasteiger charge is -2.40. The Labute approximate surface area is 121 Å². The lowest BCUT2D eigenvalue weighted by atomic mass is 9.97. The molecule has 0 aliphatic carbocycles. The predicted molar refractivity (Wildman–Crippen MR) is 60.7 cm³/mol. The molecule has 2 amide bonds. The van der Waals surface area contributed by atoms with E-state index >= 15 is 0 Å². The number of hydrogen-bond donors (Lipinski definition) is 1. The van der Waals surface area contributed by atoms with Crippen LogP contribution in [-0.2, 0) is 14.3 Å². The van der Waals surface area contributed by atoms with Gasteiger partial charge >= 0.3 is 18.3 Å². The number of hydrogen-bond acceptors (Lipinski definition) is 3. The van der Waals surface area contributed by atoms with Gasteiger partial charge in [-0.05, 0) is 12.8 Å². The molecule has 1 heterocycles. The number of likely N-dealkylation sites (tertiary alicyclic amines) is 1. The quantitative estimate of drug-likeness (QED) is 0.789. The van der Waals surface area contributed by atoms with E-state index in [1.165, 1.54) is 0 Å². The highest BCUT2D eigenvalue weighted by molar-refractivity contribution is 5.82. The number of nitrogens with one attached hydrogen (secondary N) is 1. The monoisotopic (exact) mass is 336 g/mol. The van der Waals surface area contributed by atoms with Crippen LogP contribution in [0.2, 0.25) is 0 Å². The maximum atomic E-state index is 12.9. The molecule has 1 fully saturated rings. The highest BCUT2D eigenvalue weighted by Gasteiger charge is 2.49. The van der Waals surface area contributed by atoms with Crippen LogP contribution in [0.25, 0.3) is 0 Å². The molecular formula is C11H14F6N2O3. The normalized spacial score (nSPS) is 23.3. The summed E-state index contributed by atoms with van der Waals surface area (Å²) < 4.78 is 79.5. The molecule has 0 bridgehead atoms. The van der Waals surface area contributed by atoms with Crippen LogP contribution in [0.1, 0.15) is 12.8 Å². The van der Waals surface area contributed by atoms with Gasteiger partial charge in [0.15, 0.2) is 0 Å². The first-order valence-electron chi connectivity index (χ1n) is 6.19. The number of ether oxygens (including phenoxy) is 1. The van der Waals surface area contributed by atoms with E-state index in [1.54, 1.807) is 5.32 Å². The Kier molecular flexibility index (Phi) is 5.65. The van der Waals surface area contributed by atoms with E-state index in [4.69, 9.17) is 0 Å². The lowest BCUT2D eigenvalue weighted by molar-refractivity contribution is -0.199. The van der Waals surface area contributed by atoms with Gasteiger partial charge in [0.1, 0.15) is 12.6 Å². The van der Waals surface area contributed by atoms with Crippen LogP contribution in [0.5, 0.6) is 0 Å². The molecule has 1 rings (SSSR count). The molecule has 5 nitrogen and oxygen atoms in total. The van der Waals surface area contributed by atoms with Crippen molar-refractivity contribution in [1.29, 1.82) is 0 Å². The van der Waals surface area contributed by atoms with Crippen molar-refractivity contribution >= 4 is 11.8 Å². The Balaban J connectivity index is 2.82. The topological polar surface area (TPSA) is 58.6 Å². The van der Waals surface area contributed by atoms with Crippen molar-refractivity contribution in [2.45, 2.75) is 37.3 Å². The summed E-state index contributed by atoms with van der Waals surface area (Å²) in [6, 6.07) is -3.30. The number of rotatable bonds is 3. The summed E-state index contributed by atoms with van der Waals surface area (Å²) in [6.45, 7) is -1.29. The third-order valence-electron chi connectivity index (χ3n) is 3.14. The molecule has 1 N–H and O–H groups in total. The van der Waals surface area contributed by atoms with Gasteiger partial charge in [-0.1, -0.05) is 0 Å². The second kappa shape index (κ2) is 6.71. The molecule has 11 heteroatoms. The van der Waals surface area contributed by atoms with Gasteiger partial charge in [0, 0.05) is 19.7 Å². The predicted octanol–water partition coefficient (Wildman–Crippen LogP) is 1.23. The molecule has 0 unspecified atom stereocenters. The largest absolute Gasteiger partial charge is 0.471 e. The molecule has 0 aromatic heterocycles. The number of alkyl halides is 6. The maximum Gasteiger partial charge on any atom is 0.471 e. The average Bonchev–Trinajstić information content (AvgIpc) is 2.36. The van der Waals surface area contributed by atoms with Crippen molar-refractivity contribution in [3.05, 3.63) is 0 Å². The SMILES string of the molecule is COCC(=O)N1C[C@H](NC(=O)C(F)(F)F)CC[C@@H]1C(F)(F)F. The summed E-state index contributed by atoms with van der Waals surface area (Å²) in [5.74, 6) is -3.25. The van der Waals surface area contributed by atoms with Crippen molar-refractivity contribution in [3.63, 3.8) is 0 Å². The highest BCUT2D eigenvalue weighted by Crippen LogP contribution is 2.32. The van der Waals surface area contributed by atoms with Gasteiger partial charge < -0.3 is 15.0 Å². The number of halogens is 6. The fourth-order valence-electron chi connectivity index (χ4n) is 2.18. The molecule has 22 heavy (non-hydrogen) atoms. The zero-order chi connectivity index (χ0) is 17.1. The van der Waals surface area contributed by atoms with Crippen LogP contribution in [0, 0.1) is 0 Å². The summed E-state index contributed by atoms with van der Waals surface area (Å²) in [5.41, 5.74) is 0. The van der Waals surface area contributed by atoms with Gasteiger partial charge in [-0.3, -0.25) is 9.59 Å². The molecule has 1 aliphatic rings. The number of methoxy groups -OCH3 is 1. The Morgan fingerprint density at radius 1 is 1.18 bits per heavy atom. The van der Waals surface area contributed by atoms with Gasteiger partial charge in [0.05, 0.1) is 0 Å². The molecule has 0 radical (unpaired) electrons. The van der Waals surface area contributed by atoms with E-state index in [1.807, 2.05) is 0 Å². The number of carbonyl (C=O) groups is 2. The minimum Gasteiger partial charge on any atom is -0.375 e. The fraction of sp³-hybridized carbons (Fsp3) is 0.818. The first kappa shape index (κ1) is 18.5. The van der Waals surface area contributed by atoms with E-state index in [-0.39, 0.29) is 6.42 Å². The third kappa shape index (κ3) is 4.75. The van der Waals surface area contributed by atoms with Crippen LogP contribution >= 0.6 is 0 Å². The van der Waals surface area contributed by atoms with E-state index < -0.39 is 55.8 Å². The van der Waals surface area contributed by atoms with Gasteiger partial charge in [0.2, 0.25) is 5.91 Å². The Bertz CT molecular complexity index is 423. The van der Waals surface area contributed by atoms with Gasteiger partial charge in [-0.25, -0.2) is 0 Å². The van der Waals surface area contributed by atoms with Crippen LogP contribution in [0.15, 0.2) is 0 Å². The van der Waals surface area contributed by atoms with E-state index in [0.717, 1.165) is 7.11 Å². The number of piperidine rings is 1. The van der Waals surface area contributed by atoms with Crippen LogP contribution < -0.4 is 5.32 Å². The second-order valence-electron chi connectivity index (χ2n) is 4.78. The van der Waals surface area contributed by atoms with Crippen molar-refractivity contribution in [3.8, 4) is 0 Å². The standard InChI is InChI=1S/C11H14F6N2O3/c1-22-5-8(20)19-4-6(18-9(21)11(15,16)17)2-3-7(19)10(12,13)14/h6-7H,2-5H2,1H3,(H,18,21)/t6-,7-/m1/s1. The molecular weight excluding hydrogens is 322 g/mol. The van der Waals surface area contributed by atoms with Crippen molar-refractivity contribution in [2.75, 3.05) is 20.3 Å². The van der Waals surface area contributed by atoms with Crippen molar-refractivity contribution in [2.24, 2.45) is 0 Å². The first-order chi connectivity index (χ1) is 9.96. The third-order valence-corrected chi connectivity index (χ3v) is 3.14. The van der Waals surface area contributed by atoms with Crippen LogP contribution in [0.3, 0.4) is 0 Å². The molecule has 1 saturated heterocycles.